The van der Waals surface area contributed by atoms with E-state index in [1.165, 1.54) is 12.1 Å². The SMILES string of the molecule is CS(=O)(=O)c1cc(Br)cc(NCc2ccccc2)c1[N+](=O)[O-]. The molecule has 0 spiro atoms. The van der Waals surface area contributed by atoms with Crippen LogP contribution in [0.4, 0.5) is 11.4 Å². The van der Waals surface area contributed by atoms with Gasteiger partial charge in [-0.3, -0.25) is 10.1 Å². The molecule has 6 nitrogen and oxygen atoms in total. The molecule has 0 aliphatic carbocycles. The molecule has 0 aliphatic heterocycles. The molecule has 0 aromatic heterocycles. The van der Waals surface area contributed by atoms with Crippen LogP contribution in [0.25, 0.3) is 0 Å². The van der Waals surface area contributed by atoms with Gasteiger partial charge < -0.3 is 5.32 Å². The largest absolute Gasteiger partial charge is 0.375 e. The number of halogens is 1. The Morgan fingerprint density at radius 2 is 1.86 bits per heavy atom. The van der Waals surface area contributed by atoms with Crippen molar-refractivity contribution in [2.24, 2.45) is 0 Å². The second-order valence-corrected chi connectivity index (χ2v) is 7.57. The fourth-order valence-electron chi connectivity index (χ4n) is 1.97. The van der Waals surface area contributed by atoms with Gasteiger partial charge in [0.1, 0.15) is 10.6 Å². The lowest BCUT2D eigenvalue weighted by Crippen LogP contribution is -2.08. The molecule has 0 atom stereocenters. The number of hydrogen-bond donors (Lipinski definition) is 1. The molecule has 0 fully saturated rings. The van der Waals surface area contributed by atoms with E-state index in [1.54, 1.807) is 0 Å². The van der Waals surface area contributed by atoms with Crippen molar-refractivity contribution >= 4 is 37.1 Å². The van der Waals surface area contributed by atoms with Gasteiger partial charge in [0.2, 0.25) is 0 Å². The maximum atomic E-state index is 11.8. The minimum atomic E-state index is -3.72. The minimum absolute atomic E-state index is 0.156. The Bertz CT molecular complexity index is 807. The maximum Gasteiger partial charge on any atom is 0.310 e. The standard InChI is InChI=1S/C14H13BrN2O4S/c1-22(20,21)13-8-11(15)7-12(14(13)17(18)19)16-9-10-5-3-2-4-6-10/h2-8,16H,9H2,1H3. The maximum absolute atomic E-state index is 11.8. The van der Waals surface area contributed by atoms with Crippen LogP contribution in [-0.2, 0) is 16.4 Å². The van der Waals surface area contributed by atoms with Gasteiger partial charge in [-0.15, -0.1) is 0 Å². The third-order valence-corrected chi connectivity index (χ3v) is 4.52. The van der Waals surface area contributed by atoms with Crippen molar-refractivity contribution in [2.75, 3.05) is 11.6 Å². The molecule has 0 bridgehead atoms. The van der Waals surface area contributed by atoms with Crippen LogP contribution in [0.15, 0.2) is 51.8 Å². The zero-order valence-corrected chi connectivity index (χ0v) is 14.0. The average Bonchev–Trinajstić information content (AvgIpc) is 2.44. The molecule has 0 amide bonds. The molecule has 22 heavy (non-hydrogen) atoms. The van der Waals surface area contributed by atoms with E-state index in [2.05, 4.69) is 21.2 Å². The normalized spacial score (nSPS) is 11.2. The first kappa shape index (κ1) is 16.4. The van der Waals surface area contributed by atoms with Crippen molar-refractivity contribution in [3.05, 3.63) is 62.6 Å². The van der Waals surface area contributed by atoms with E-state index in [1.807, 2.05) is 30.3 Å². The average molecular weight is 385 g/mol. The summed E-state index contributed by atoms with van der Waals surface area (Å²) in [4.78, 5) is 10.3. The molecule has 0 unspecified atom stereocenters. The molecular formula is C14H13BrN2O4S. The number of hydrogen-bond acceptors (Lipinski definition) is 5. The van der Waals surface area contributed by atoms with Crippen molar-refractivity contribution in [3.63, 3.8) is 0 Å². The number of anilines is 1. The molecule has 2 aromatic carbocycles. The highest BCUT2D eigenvalue weighted by molar-refractivity contribution is 9.10. The Balaban J connectivity index is 2.46. The Labute approximate surface area is 136 Å². The van der Waals surface area contributed by atoms with Crippen LogP contribution in [0.3, 0.4) is 0 Å². The number of rotatable bonds is 5. The molecule has 0 saturated heterocycles. The third kappa shape index (κ3) is 3.83. The van der Waals surface area contributed by atoms with Crippen molar-refractivity contribution in [3.8, 4) is 0 Å². The molecule has 1 N–H and O–H groups in total. The zero-order valence-electron chi connectivity index (χ0n) is 11.6. The number of nitro groups is 1. The van der Waals surface area contributed by atoms with Crippen LogP contribution < -0.4 is 5.32 Å². The molecule has 2 rings (SSSR count). The van der Waals surface area contributed by atoms with Crippen molar-refractivity contribution in [2.45, 2.75) is 11.4 Å². The van der Waals surface area contributed by atoms with Crippen LogP contribution in [0.1, 0.15) is 5.56 Å². The van der Waals surface area contributed by atoms with Crippen LogP contribution in [0, 0.1) is 10.1 Å². The first-order valence-electron chi connectivity index (χ1n) is 6.25. The fourth-order valence-corrected chi connectivity index (χ4v) is 3.46. The smallest absolute Gasteiger partial charge is 0.310 e. The number of nitrogens with zero attached hydrogens (tertiary/aromatic N) is 1. The van der Waals surface area contributed by atoms with E-state index < -0.39 is 20.4 Å². The summed E-state index contributed by atoms with van der Waals surface area (Å²) in [5, 5.41) is 14.2. The van der Waals surface area contributed by atoms with E-state index in [-0.39, 0.29) is 10.6 Å². The second-order valence-electron chi connectivity index (χ2n) is 4.67. The lowest BCUT2D eigenvalue weighted by atomic mass is 10.2. The van der Waals surface area contributed by atoms with Crippen molar-refractivity contribution in [1.82, 2.24) is 0 Å². The van der Waals surface area contributed by atoms with Crippen molar-refractivity contribution in [1.29, 1.82) is 0 Å². The van der Waals surface area contributed by atoms with Gasteiger partial charge >= 0.3 is 5.69 Å². The predicted molar refractivity (Wildman–Crippen MR) is 87.7 cm³/mol. The van der Waals surface area contributed by atoms with Crippen LogP contribution in [-0.4, -0.2) is 19.6 Å². The molecule has 116 valence electrons. The summed E-state index contributed by atoms with van der Waals surface area (Å²) in [7, 11) is -3.72. The number of nitro benzene ring substituents is 1. The number of sulfone groups is 1. The van der Waals surface area contributed by atoms with Gasteiger partial charge in [0.25, 0.3) is 0 Å². The highest BCUT2D eigenvalue weighted by Crippen LogP contribution is 2.35. The molecule has 2 aromatic rings. The van der Waals surface area contributed by atoms with Gasteiger partial charge in [0.05, 0.1) is 4.92 Å². The molecule has 0 heterocycles. The first-order chi connectivity index (χ1) is 10.3. The molecule has 0 aliphatic rings. The summed E-state index contributed by atoms with van der Waals surface area (Å²) >= 11 is 3.19. The summed E-state index contributed by atoms with van der Waals surface area (Å²) in [5.74, 6) is 0. The number of nitrogens with one attached hydrogen (secondary N) is 1. The fraction of sp³-hybridized carbons (Fsp3) is 0.143. The van der Waals surface area contributed by atoms with Crippen molar-refractivity contribution < 1.29 is 13.3 Å². The molecular weight excluding hydrogens is 372 g/mol. The Morgan fingerprint density at radius 3 is 2.41 bits per heavy atom. The van der Waals surface area contributed by atoms with E-state index >= 15 is 0 Å². The lowest BCUT2D eigenvalue weighted by Gasteiger charge is -2.10. The van der Waals surface area contributed by atoms with Gasteiger partial charge in [0, 0.05) is 17.3 Å². The summed E-state index contributed by atoms with van der Waals surface area (Å²) in [6, 6.07) is 12.1. The van der Waals surface area contributed by atoms with E-state index in [0.29, 0.717) is 11.0 Å². The van der Waals surface area contributed by atoms with Crippen LogP contribution in [0.5, 0.6) is 0 Å². The van der Waals surface area contributed by atoms with Gasteiger partial charge in [-0.1, -0.05) is 46.3 Å². The van der Waals surface area contributed by atoms with Gasteiger partial charge in [-0.05, 0) is 17.7 Å². The minimum Gasteiger partial charge on any atom is -0.375 e. The Hall–Kier alpha value is -1.93. The van der Waals surface area contributed by atoms with Gasteiger partial charge in [0.15, 0.2) is 9.84 Å². The Kier molecular flexibility index (Phi) is 4.82. The Morgan fingerprint density at radius 1 is 1.23 bits per heavy atom. The summed E-state index contributed by atoms with van der Waals surface area (Å²) < 4.78 is 24.0. The summed E-state index contributed by atoms with van der Waals surface area (Å²) in [6.07, 6.45) is 0.947. The van der Waals surface area contributed by atoms with Crippen LogP contribution in [0.2, 0.25) is 0 Å². The first-order valence-corrected chi connectivity index (χ1v) is 8.93. The number of benzene rings is 2. The monoisotopic (exact) mass is 384 g/mol. The third-order valence-electron chi connectivity index (χ3n) is 2.95. The highest BCUT2D eigenvalue weighted by Gasteiger charge is 2.27. The molecule has 0 radical (unpaired) electrons. The zero-order chi connectivity index (χ0) is 16.3. The summed E-state index contributed by atoms with van der Waals surface area (Å²) in [6.45, 7) is 0.349. The predicted octanol–water partition coefficient (Wildman–Crippen LogP) is 3.37. The second kappa shape index (κ2) is 6.45. The quantitative estimate of drug-likeness (QED) is 0.630. The molecule has 8 heteroatoms. The van der Waals surface area contributed by atoms with E-state index in [9.17, 15) is 18.5 Å². The van der Waals surface area contributed by atoms with E-state index in [4.69, 9.17) is 0 Å². The van der Waals surface area contributed by atoms with E-state index in [0.717, 1.165) is 11.8 Å². The lowest BCUT2D eigenvalue weighted by molar-refractivity contribution is -0.386. The van der Waals surface area contributed by atoms with Gasteiger partial charge in [-0.2, -0.15) is 0 Å². The topological polar surface area (TPSA) is 89.3 Å². The molecule has 0 saturated carbocycles. The summed E-state index contributed by atoms with van der Waals surface area (Å²) in [5.41, 5.74) is 0.642. The van der Waals surface area contributed by atoms with Crippen LogP contribution >= 0.6 is 15.9 Å². The van der Waals surface area contributed by atoms with Gasteiger partial charge in [-0.25, -0.2) is 8.42 Å². The highest BCUT2D eigenvalue weighted by atomic mass is 79.9.